The Morgan fingerprint density at radius 1 is 1.18 bits per heavy atom. The molecule has 0 fully saturated rings. The van der Waals surface area contributed by atoms with Gasteiger partial charge in [0.2, 0.25) is 17.6 Å². The van der Waals surface area contributed by atoms with Crippen LogP contribution < -0.4 is 0 Å². The molecular formula is C20H19Cl2N3O2S. The number of carbonyl (C=O) groups excluding carboxylic acids is 1. The van der Waals surface area contributed by atoms with E-state index in [9.17, 15) is 4.79 Å². The average Bonchev–Trinajstić information content (AvgIpc) is 3.12. The fraction of sp³-hybridized carbons (Fsp3) is 0.250. The molecule has 3 rings (SSSR count). The van der Waals surface area contributed by atoms with Crippen LogP contribution in [-0.2, 0) is 17.1 Å². The highest BCUT2D eigenvalue weighted by molar-refractivity contribution is 7.99. The smallest absolute Gasteiger partial charge is 0.246 e. The number of carbonyl (C=O) groups is 1. The highest BCUT2D eigenvalue weighted by Gasteiger charge is 2.15. The van der Waals surface area contributed by atoms with Crippen LogP contribution in [0.2, 0.25) is 10.0 Å². The summed E-state index contributed by atoms with van der Waals surface area (Å²) in [5.41, 5.74) is 2.84. The van der Waals surface area contributed by atoms with E-state index in [2.05, 4.69) is 10.1 Å². The summed E-state index contributed by atoms with van der Waals surface area (Å²) in [6.07, 6.45) is 0. The minimum Gasteiger partial charge on any atom is -0.337 e. The second kappa shape index (κ2) is 9.45. The number of aromatic nitrogens is 2. The molecule has 1 aromatic heterocycles. The number of nitrogens with zero attached hydrogens (tertiary/aromatic N) is 3. The number of thioether (sulfide) groups is 1. The number of amides is 1. The van der Waals surface area contributed by atoms with Gasteiger partial charge in [0.05, 0.1) is 12.3 Å². The summed E-state index contributed by atoms with van der Waals surface area (Å²) in [5, 5.41) is 5.22. The van der Waals surface area contributed by atoms with Crippen molar-refractivity contribution in [1.29, 1.82) is 0 Å². The molecule has 3 aromatic rings. The SMILES string of the molecule is Cc1cccc(-c2noc(CN(C)C(=O)CSCc3c(Cl)cccc3Cl)n2)c1. The van der Waals surface area contributed by atoms with E-state index in [0.29, 0.717) is 33.3 Å². The normalized spacial score (nSPS) is 10.9. The van der Waals surface area contributed by atoms with E-state index in [4.69, 9.17) is 27.7 Å². The Hall–Kier alpha value is -2.02. The van der Waals surface area contributed by atoms with Gasteiger partial charge in [-0.25, -0.2) is 0 Å². The molecule has 0 aliphatic rings. The lowest BCUT2D eigenvalue weighted by Crippen LogP contribution is -2.28. The van der Waals surface area contributed by atoms with Gasteiger partial charge in [0.15, 0.2) is 0 Å². The molecule has 1 amide bonds. The highest BCUT2D eigenvalue weighted by Crippen LogP contribution is 2.28. The summed E-state index contributed by atoms with van der Waals surface area (Å²) in [6, 6.07) is 13.2. The molecule has 28 heavy (non-hydrogen) atoms. The zero-order chi connectivity index (χ0) is 20.1. The molecule has 0 N–H and O–H groups in total. The van der Waals surface area contributed by atoms with Gasteiger partial charge in [0.1, 0.15) is 0 Å². The number of halogens is 2. The van der Waals surface area contributed by atoms with Gasteiger partial charge in [-0.15, -0.1) is 11.8 Å². The van der Waals surface area contributed by atoms with E-state index in [-0.39, 0.29) is 12.5 Å². The third-order valence-electron chi connectivity index (χ3n) is 4.08. The number of rotatable bonds is 7. The van der Waals surface area contributed by atoms with Crippen molar-refractivity contribution in [2.45, 2.75) is 19.2 Å². The molecule has 0 aliphatic carbocycles. The standard InChI is InChI=1S/C20H19Cl2N3O2S/c1-13-5-3-6-14(9-13)20-23-18(27-24-20)10-25(2)19(26)12-28-11-15-16(21)7-4-8-17(15)22/h3-9H,10-12H2,1-2H3. The lowest BCUT2D eigenvalue weighted by molar-refractivity contribution is -0.127. The van der Waals surface area contributed by atoms with Crippen molar-refractivity contribution in [3.05, 3.63) is 69.5 Å². The minimum atomic E-state index is -0.0384. The largest absolute Gasteiger partial charge is 0.337 e. The van der Waals surface area contributed by atoms with E-state index in [1.165, 1.54) is 11.8 Å². The molecule has 0 radical (unpaired) electrons. The summed E-state index contributed by atoms with van der Waals surface area (Å²) in [7, 11) is 1.71. The Kier molecular flexibility index (Phi) is 6.99. The molecule has 2 aromatic carbocycles. The van der Waals surface area contributed by atoms with Gasteiger partial charge in [-0.2, -0.15) is 4.98 Å². The Bertz CT molecular complexity index is 957. The summed E-state index contributed by atoms with van der Waals surface area (Å²) >= 11 is 13.8. The van der Waals surface area contributed by atoms with Crippen LogP contribution in [0.15, 0.2) is 47.0 Å². The molecular weight excluding hydrogens is 417 g/mol. The first kappa shape index (κ1) is 20.7. The van der Waals surface area contributed by atoms with Crippen LogP contribution in [0.3, 0.4) is 0 Å². The van der Waals surface area contributed by atoms with Gasteiger partial charge in [0, 0.05) is 28.4 Å². The molecule has 0 aliphatic heterocycles. The van der Waals surface area contributed by atoms with Crippen LogP contribution in [0, 0.1) is 6.92 Å². The van der Waals surface area contributed by atoms with Crippen LogP contribution >= 0.6 is 35.0 Å². The van der Waals surface area contributed by atoms with Crippen LogP contribution in [0.4, 0.5) is 0 Å². The summed E-state index contributed by atoms with van der Waals surface area (Å²) in [4.78, 5) is 18.3. The van der Waals surface area contributed by atoms with E-state index < -0.39 is 0 Å². The van der Waals surface area contributed by atoms with Crippen molar-refractivity contribution in [2.24, 2.45) is 0 Å². The molecule has 0 bridgehead atoms. The fourth-order valence-electron chi connectivity index (χ4n) is 2.53. The molecule has 8 heteroatoms. The highest BCUT2D eigenvalue weighted by atomic mass is 35.5. The summed E-state index contributed by atoms with van der Waals surface area (Å²) in [6.45, 7) is 2.26. The van der Waals surface area contributed by atoms with Crippen LogP contribution in [0.5, 0.6) is 0 Å². The van der Waals surface area contributed by atoms with E-state index in [1.54, 1.807) is 30.1 Å². The average molecular weight is 436 g/mol. The first-order valence-corrected chi connectivity index (χ1v) is 10.5. The second-order valence-electron chi connectivity index (χ2n) is 6.32. The topological polar surface area (TPSA) is 59.2 Å². The Balaban J connectivity index is 1.53. The lowest BCUT2D eigenvalue weighted by Gasteiger charge is -2.14. The van der Waals surface area contributed by atoms with E-state index in [0.717, 1.165) is 16.7 Å². The molecule has 0 saturated carbocycles. The van der Waals surface area contributed by atoms with Gasteiger partial charge >= 0.3 is 0 Å². The maximum Gasteiger partial charge on any atom is 0.246 e. The molecule has 146 valence electrons. The van der Waals surface area contributed by atoms with Crippen molar-refractivity contribution in [2.75, 3.05) is 12.8 Å². The van der Waals surface area contributed by atoms with Gasteiger partial charge in [-0.3, -0.25) is 4.79 Å². The summed E-state index contributed by atoms with van der Waals surface area (Å²) < 4.78 is 5.29. The van der Waals surface area contributed by atoms with Crippen LogP contribution in [0.25, 0.3) is 11.4 Å². The van der Waals surface area contributed by atoms with Crippen molar-refractivity contribution in [3.63, 3.8) is 0 Å². The first-order valence-electron chi connectivity index (χ1n) is 8.58. The van der Waals surface area contributed by atoms with Crippen molar-refractivity contribution < 1.29 is 9.32 Å². The van der Waals surface area contributed by atoms with Crippen molar-refractivity contribution in [1.82, 2.24) is 15.0 Å². The van der Waals surface area contributed by atoms with Crippen LogP contribution in [0.1, 0.15) is 17.0 Å². The molecule has 0 atom stereocenters. The third-order valence-corrected chi connectivity index (χ3v) is 5.73. The monoisotopic (exact) mass is 435 g/mol. The first-order chi connectivity index (χ1) is 13.4. The predicted octanol–water partition coefficient (Wildman–Crippen LogP) is 5.24. The quantitative estimate of drug-likeness (QED) is 0.507. The second-order valence-corrected chi connectivity index (χ2v) is 8.12. The van der Waals surface area contributed by atoms with Gasteiger partial charge in [0.25, 0.3) is 0 Å². The number of aryl methyl sites for hydroxylation is 1. The zero-order valence-electron chi connectivity index (χ0n) is 15.5. The molecule has 0 spiro atoms. The fourth-order valence-corrected chi connectivity index (χ4v) is 4.23. The maximum absolute atomic E-state index is 12.4. The molecule has 5 nitrogen and oxygen atoms in total. The zero-order valence-corrected chi connectivity index (χ0v) is 17.8. The Morgan fingerprint density at radius 3 is 2.61 bits per heavy atom. The number of hydrogen-bond donors (Lipinski definition) is 0. The Labute approximate surface area is 178 Å². The van der Waals surface area contributed by atoms with Crippen molar-refractivity contribution >= 4 is 40.9 Å². The number of hydrogen-bond acceptors (Lipinski definition) is 5. The van der Waals surface area contributed by atoms with Gasteiger partial charge in [-0.05, 0) is 30.7 Å². The lowest BCUT2D eigenvalue weighted by atomic mass is 10.1. The third kappa shape index (κ3) is 5.28. The van der Waals surface area contributed by atoms with Crippen LogP contribution in [-0.4, -0.2) is 33.7 Å². The van der Waals surface area contributed by atoms with E-state index >= 15 is 0 Å². The van der Waals surface area contributed by atoms with E-state index in [1.807, 2.05) is 31.2 Å². The Morgan fingerprint density at radius 2 is 1.89 bits per heavy atom. The number of benzene rings is 2. The molecule has 0 unspecified atom stereocenters. The maximum atomic E-state index is 12.4. The van der Waals surface area contributed by atoms with Gasteiger partial charge in [-0.1, -0.05) is 58.2 Å². The predicted molar refractivity (Wildman–Crippen MR) is 114 cm³/mol. The van der Waals surface area contributed by atoms with Crippen molar-refractivity contribution in [3.8, 4) is 11.4 Å². The minimum absolute atomic E-state index is 0.0384. The molecule has 1 heterocycles. The van der Waals surface area contributed by atoms with Gasteiger partial charge < -0.3 is 9.42 Å². The summed E-state index contributed by atoms with van der Waals surface area (Å²) in [5.74, 6) is 1.74. The molecule has 0 saturated heterocycles.